The molecule has 206 valence electrons. The number of rotatable bonds is 2. The Kier molecular flexibility index (Phi) is 5.84. The van der Waals surface area contributed by atoms with E-state index in [1.165, 1.54) is 24.8 Å². The number of carboxylic acids is 1. The molecule has 0 aromatic heterocycles. The quantitative estimate of drug-likeness (QED) is 0.386. The number of carbonyl (C=O) groups is 3. The van der Waals surface area contributed by atoms with Gasteiger partial charge in [0.15, 0.2) is 5.78 Å². The fraction of sp³-hybridized carbons (Fsp3) is 0.839. The Bertz CT molecular complexity index is 1060. The molecule has 0 amide bonds. The molecule has 6 heteroatoms. The third-order valence-electron chi connectivity index (χ3n) is 13.4. The van der Waals surface area contributed by atoms with Crippen LogP contribution in [0.3, 0.4) is 0 Å². The average Bonchev–Trinajstić information content (AvgIpc) is 2.79. The van der Waals surface area contributed by atoms with Gasteiger partial charge in [-0.2, -0.15) is 0 Å². The second kappa shape index (κ2) is 8.08. The van der Waals surface area contributed by atoms with Crippen molar-refractivity contribution in [3.63, 3.8) is 0 Å². The molecule has 3 unspecified atom stereocenters. The van der Waals surface area contributed by atoms with Crippen LogP contribution in [0, 0.1) is 56.7 Å². The zero-order valence-electron chi connectivity index (χ0n) is 23.7. The van der Waals surface area contributed by atoms with Gasteiger partial charge in [0.05, 0.1) is 0 Å². The van der Waals surface area contributed by atoms with Gasteiger partial charge < -0.3 is 14.9 Å². The van der Waals surface area contributed by atoms with Gasteiger partial charge in [-0.3, -0.25) is 9.59 Å². The number of hydrogen-bond donors (Lipinski definition) is 2. The first-order chi connectivity index (χ1) is 17.1. The van der Waals surface area contributed by atoms with Gasteiger partial charge in [0.25, 0.3) is 0 Å². The molecule has 0 saturated heterocycles. The maximum absolute atomic E-state index is 14.3. The second-order valence-corrected chi connectivity index (χ2v) is 14.8. The van der Waals surface area contributed by atoms with E-state index in [4.69, 9.17) is 4.74 Å². The van der Waals surface area contributed by atoms with Gasteiger partial charge >= 0.3 is 12.1 Å². The highest BCUT2D eigenvalue weighted by molar-refractivity contribution is 5.96. The van der Waals surface area contributed by atoms with Crippen molar-refractivity contribution in [1.29, 1.82) is 0 Å². The van der Waals surface area contributed by atoms with Gasteiger partial charge in [-0.25, -0.2) is 4.79 Å². The summed E-state index contributed by atoms with van der Waals surface area (Å²) in [4.78, 5) is 38.6. The first-order valence-corrected chi connectivity index (χ1v) is 14.5. The van der Waals surface area contributed by atoms with Crippen LogP contribution in [-0.4, -0.2) is 34.2 Å². The summed E-state index contributed by atoms with van der Waals surface area (Å²) < 4.78 is 5.19. The number of ether oxygens (including phenoxy) is 1. The van der Waals surface area contributed by atoms with Crippen LogP contribution in [0.25, 0.3) is 0 Å². The van der Waals surface area contributed by atoms with Gasteiger partial charge in [-0.1, -0.05) is 47.1 Å². The topological polar surface area (TPSA) is 101 Å². The summed E-state index contributed by atoms with van der Waals surface area (Å²) in [6, 6.07) is 0. The monoisotopic (exact) mass is 514 g/mol. The Hall–Kier alpha value is -1.85. The van der Waals surface area contributed by atoms with E-state index in [1.54, 1.807) is 6.92 Å². The first-order valence-electron chi connectivity index (χ1n) is 14.5. The highest BCUT2D eigenvalue weighted by atomic mass is 16.7. The zero-order valence-corrected chi connectivity index (χ0v) is 23.7. The van der Waals surface area contributed by atoms with Gasteiger partial charge in [0.2, 0.25) is 0 Å². The Balaban J connectivity index is 1.62. The van der Waals surface area contributed by atoms with Gasteiger partial charge in [0, 0.05) is 5.92 Å². The zero-order chi connectivity index (χ0) is 27.3. The molecule has 11 atom stereocenters. The summed E-state index contributed by atoms with van der Waals surface area (Å²) in [5.74, 6) is 0.103. The standard InChI is InChI=1S/C31H46O6/c1-17-8-11-27(3)14-15-29(5)19(23(27)18(17)2)16-20(32)24-28(4)12-10-22(37-26(35)36)31(7,25(33)34)21(28)9-13-30(24,29)6/h16-18,21-24H,8-15H2,1-7H3,(H,33,34)(H,35,36)/t17-,18+,21?,22-,23?,24?,27-,28+,29-,30-,31-/m1/s1. The minimum absolute atomic E-state index is 0.108. The van der Waals surface area contributed by atoms with Crippen LogP contribution in [0.1, 0.15) is 99.8 Å². The van der Waals surface area contributed by atoms with Crippen LogP contribution >= 0.6 is 0 Å². The molecule has 4 fully saturated rings. The molecular weight excluding hydrogens is 468 g/mol. The van der Waals surface area contributed by atoms with Gasteiger partial charge in [0.1, 0.15) is 11.5 Å². The number of hydrogen-bond acceptors (Lipinski definition) is 4. The summed E-state index contributed by atoms with van der Waals surface area (Å²) in [6.07, 6.45) is 6.73. The molecule has 5 aliphatic rings. The summed E-state index contributed by atoms with van der Waals surface area (Å²) >= 11 is 0. The number of ketones is 1. The van der Waals surface area contributed by atoms with Crippen LogP contribution in [0.15, 0.2) is 11.6 Å². The third kappa shape index (κ3) is 3.25. The van der Waals surface area contributed by atoms with Crippen LogP contribution < -0.4 is 0 Å². The maximum Gasteiger partial charge on any atom is 0.506 e. The number of carbonyl (C=O) groups excluding carboxylic acids is 1. The van der Waals surface area contributed by atoms with Crippen LogP contribution in [-0.2, 0) is 14.3 Å². The molecule has 0 heterocycles. The number of carboxylic acid groups (broad SMARTS) is 2. The normalized spacial score (nSPS) is 53.1. The van der Waals surface area contributed by atoms with Crippen LogP contribution in [0.2, 0.25) is 0 Å². The first kappa shape index (κ1) is 26.7. The Labute approximate surface area is 221 Å². The Morgan fingerprint density at radius 1 is 0.919 bits per heavy atom. The fourth-order valence-corrected chi connectivity index (χ4v) is 10.9. The number of fused-ring (bicyclic) bond motifs is 7. The molecule has 0 bridgehead atoms. The van der Waals surface area contributed by atoms with Gasteiger partial charge in [-0.15, -0.1) is 0 Å². The van der Waals surface area contributed by atoms with Crippen molar-refractivity contribution in [3.05, 3.63) is 11.6 Å². The highest BCUT2D eigenvalue weighted by Gasteiger charge is 2.72. The van der Waals surface area contributed by atoms with Crippen LogP contribution in [0.5, 0.6) is 0 Å². The smallest absolute Gasteiger partial charge is 0.481 e. The third-order valence-corrected chi connectivity index (χ3v) is 13.4. The lowest BCUT2D eigenvalue weighted by molar-refractivity contribution is -0.216. The molecule has 2 N–H and O–H groups in total. The summed E-state index contributed by atoms with van der Waals surface area (Å²) in [6.45, 7) is 15.7. The molecular formula is C31H46O6. The predicted octanol–water partition coefficient (Wildman–Crippen LogP) is 6.97. The van der Waals surface area contributed by atoms with E-state index >= 15 is 0 Å². The summed E-state index contributed by atoms with van der Waals surface area (Å²) in [5, 5.41) is 19.8. The van der Waals surface area contributed by atoms with E-state index in [9.17, 15) is 24.6 Å². The molecule has 6 nitrogen and oxygen atoms in total. The molecule has 0 aliphatic heterocycles. The van der Waals surface area contributed by atoms with E-state index in [0.29, 0.717) is 37.0 Å². The Morgan fingerprint density at radius 3 is 2.22 bits per heavy atom. The molecule has 0 aromatic rings. The highest BCUT2D eigenvalue weighted by Crippen LogP contribution is 2.75. The van der Waals surface area contributed by atoms with E-state index in [2.05, 4.69) is 41.5 Å². The lowest BCUT2D eigenvalue weighted by Crippen LogP contribution is -2.68. The second-order valence-electron chi connectivity index (χ2n) is 14.8. The molecule has 5 rings (SSSR count). The predicted molar refractivity (Wildman–Crippen MR) is 140 cm³/mol. The maximum atomic E-state index is 14.3. The summed E-state index contributed by atoms with van der Waals surface area (Å²) in [7, 11) is 0. The Morgan fingerprint density at radius 2 is 1.59 bits per heavy atom. The molecule has 5 aliphatic carbocycles. The minimum Gasteiger partial charge on any atom is -0.481 e. The molecule has 0 radical (unpaired) electrons. The van der Waals surface area contributed by atoms with Crippen LogP contribution in [0.4, 0.5) is 4.79 Å². The van der Waals surface area contributed by atoms with Crippen molar-refractivity contribution in [2.24, 2.45) is 56.7 Å². The van der Waals surface area contributed by atoms with Crippen molar-refractivity contribution in [2.45, 2.75) is 106 Å². The van der Waals surface area contributed by atoms with Crippen molar-refractivity contribution < 1.29 is 29.3 Å². The van der Waals surface area contributed by atoms with Gasteiger partial charge in [-0.05, 0) is 110 Å². The fourth-order valence-electron chi connectivity index (χ4n) is 10.9. The average molecular weight is 515 g/mol. The van der Waals surface area contributed by atoms with E-state index < -0.39 is 29.1 Å². The van der Waals surface area contributed by atoms with E-state index in [-0.39, 0.29) is 33.9 Å². The van der Waals surface area contributed by atoms with Crippen molar-refractivity contribution in [1.82, 2.24) is 0 Å². The minimum atomic E-state index is -1.43. The van der Waals surface area contributed by atoms with Crippen molar-refractivity contribution >= 4 is 17.9 Å². The van der Waals surface area contributed by atoms with Crippen molar-refractivity contribution in [2.75, 3.05) is 0 Å². The lowest BCUT2D eigenvalue weighted by atomic mass is 9.33. The summed E-state index contributed by atoms with van der Waals surface area (Å²) in [5.41, 5.74) is -0.668. The largest absolute Gasteiger partial charge is 0.506 e. The molecule has 0 aromatic carbocycles. The number of aliphatic carboxylic acids is 1. The van der Waals surface area contributed by atoms with E-state index in [0.717, 1.165) is 12.8 Å². The molecule has 37 heavy (non-hydrogen) atoms. The lowest BCUT2D eigenvalue weighted by Gasteiger charge is -2.70. The molecule has 0 spiro atoms. The van der Waals surface area contributed by atoms with E-state index in [1.807, 2.05) is 6.08 Å². The SMILES string of the molecule is C[C@@H]1CC[C@]2(C)CC[C@]3(C)C(=CC(=O)C4[C@@]5(C)CC[C@@H](OC(=O)O)[C@](C)(C(=O)O)C5CC[C@]43C)C2[C@H]1C. The van der Waals surface area contributed by atoms with Crippen molar-refractivity contribution in [3.8, 4) is 0 Å². The number of allylic oxidation sites excluding steroid dienone is 2. The molecule has 4 saturated carbocycles.